The van der Waals surface area contributed by atoms with Gasteiger partial charge in [-0.15, -0.1) is 0 Å². The van der Waals surface area contributed by atoms with Crippen LogP contribution in [0.5, 0.6) is 0 Å². The Morgan fingerprint density at radius 3 is 2.74 bits per heavy atom. The van der Waals surface area contributed by atoms with Crippen molar-refractivity contribution in [2.75, 3.05) is 6.54 Å². The van der Waals surface area contributed by atoms with E-state index >= 15 is 0 Å². The third kappa shape index (κ3) is 3.25. The molecule has 0 saturated carbocycles. The maximum Gasteiger partial charge on any atom is 0.0596 e. The first-order valence-electron chi connectivity index (χ1n) is 6.63. The molecule has 2 N–H and O–H groups in total. The second-order valence-corrected chi connectivity index (χ2v) is 5.61. The molecule has 1 heterocycles. The Labute approximate surface area is 122 Å². The summed E-state index contributed by atoms with van der Waals surface area (Å²) in [5, 5.41) is 4.50. The largest absolute Gasteiger partial charge is 0.330 e. The summed E-state index contributed by atoms with van der Waals surface area (Å²) >= 11 is 3.61. The minimum atomic E-state index is 0.317. The summed E-state index contributed by atoms with van der Waals surface area (Å²) in [4.78, 5) is 0. The van der Waals surface area contributed by atoms with Gasteiger partial charge in [-0.1, -0.05) is 34.1 Å². The van der Waals surface area contributed by atoms with Crippen molar-refractivity contribution in [3.8, 4) is 0 Å². The minimum absolute atomic E-state index is 0.317. The smallest absolute Gasteiger partial charge is 0.0596 e. The van der Waals surface area contributed by atoms with Gasteiger partial charge in [0.1, 0.15) is 0 Å². The van der Waals surface area contributed by atoms with Crippen LogP contribution in [0, 0.1) is 6.92 Å². The molecule has 0 amide bonds. The van der Waals surface area contributed by atoms with Gasteiger partial charge in [0, 0.05) is 22.6 Å². The fourth-order valence-corrected chi connectivity index (χ4v) is 3.02. The summed E-state index contributed by atoms with van der Waals surface area (Å²) < 4.78 is 3.19. The average molecular weight is 322 g/mol. The zero-order chi connectivity index (χ0) is 13.8. The molecule has 1 unspecified atom stereocenters. The Kier molecular flexibility index (Phi) is 4.77. The van der Waals surface area contributed by atoms with E-state index in [0.717, 1.165) is 23.1 Å². The highest BCUT2D eigenvalue weighted by Crippen LogP contribution is 2.27. The molecule has 2 aromatic rings. The molecular weight excluding hydrogens is 302 g/mol. The fraction of sp³-hybridized carbons (Fsp3) is 0.400. The van der Waals surface area contributed by atoms with E-state index in [9.17, 15) is 0 Å². The molecule has 1 aromatic carbocycles. The number of nitrogens with zero attached hydrogens (tertiary/aromatic N) is 2. The lowest BCUT2D eigenvalue weighted by atomic mass is 9.94. The van der Waals surface area contributed by atoms with Crippen LogP contribution in [0.3, 0.4) is 0 Å². The second kappa shape index (κ2) is 6.35. The molecule has 0 aliphatic carbocycles. The second-order valence-electron chi connectivity index (χ2n) is 4.75. The van der Waals surface area contributed by atoms with Gasteiger partial charge in [0.2, 0.25) is 0 Å². The van der Waals surface area contributed by atoms with Crippen molar-refractivity contribution >= 4 is 15.9 Å². The molecule has 19 heavy (non-hydrogen) atoms. The van der Waals surface area contributed by atoms with E-state index in [-0.39, 0.29) is 0 Å². The Morgan fingerprint density at radius 2 is 2.11 bits per heavy atom. The predicted molar refractivity (Wildman–Crippen MR) is 82.3 cm³/mol. The molecule has 0 spiro atoms. The number of hydrogen-bond donors (Lipinski definition) is 1. The van der Waals surface area contributed by atoms with Crippen molar-refractivity contribution in [1.29, 1.82) is 0 Å². The summed E-state index contributed by atoms with van der Waals surface area (Å²) in [6.07, 6.45) is 0.924. The Hall–Kier alpha value is -1.13. The highest BCUT2D eigenvalue weighted by molar-refractivity contribution is 9.10. The van der Waals surface area contributed by atoms with E-state index in [1.165, 1.54) is 11.3 Å². The number of benzene rings is 1. The molecule has 4 heteroatoms. The van der Waals surface area contributed by atoms with Gasteiger partial charge in [-0.2, -0.15) is 5.10 Å². The molecule has 1 atom stereocenters. The number of rotatable bonds is 5. The molecule has 1 aromatic heterocycles. The van der Waals surface area contributed by atoms with Gasteiger partial charge >= 0.3 is 0 Å². The number of aromatic nitrogens is 2. The standard InChI is InChI=1S/C15H20BrN3/c1-3-19-13(8-11(2)18-19)9-12(10-17)14-6-4-5-7-15(14)16/h4-8,12H,3,9-10,17H2,1-2H3. The summed E-state index contributed by atoms with van der Waals surface area (Å²) in [6.45, 7) is 5.68. The van der Waals surface area contributed by atoms with Crippen LogP contribution in [-0.4, -0.2) is 16.3 Å². The van der Waals surface area contributed by atoms with Crippen LogP contribution < -0.4 is 5.73 Å². The molecule has 3 nitrogen and oxygen atoms in total. The average Bonchev–Trinajstić information content (AvgIpc) is 2.77. The molecule has 102 valence electrons. The maximum absolute atomic E-state index is 5.97. The van der Waals surface area contributed by atoms with E-state index < -0.39 is 0 Å². The quantitative estimate of drug-likeness (QED) is 0.918. The van der Waals surface area contributed by atoms with E-state index in [0.29, 0.717) is 12.5 Å². The monoisotopic (exact) mass is 321 g/mol. The summed E-state index contributed by atoms with van der Waals surface area (Å²) in [5.74, 6) is 0.317. The number of hydrogen-bond acceptors (Lipinski definition) is 2. The normalized spacial score (nSPS) is 12.6. The molecule has 2 rings (SSSR count). The van der Waals surface area contributed by atoms with E-state index in [2.05, 4.69) is 56.9 Å². The molecule has 0 radical (unpaired) electrons. The zero-order valence-corrected chi connectivity index (χ0v) is 13.0. The molecule has 0 fully saturated rings. The van der Waals surface area contributed by atoms with Crippen molar-refractivity contribution < 1.29 is 0 Å². The lowest BCUT2D eigenvalue weighted by molar-refractivity contribution is 0.582. The zero-order valence-electron chi connectivity index (χ0n) is 11.4. The number of nitrogens with two attached hydrogens (primary N) is 1. The van der Waals surface area contributed by atoms with Crippen molar-refractivity contribution in [1.82, 2.24) is 9.78 Å². The van der Waals surface area contributed by atoms with Gasteiger partial charge in [0.25, 0.3) is 0 Å². The van der Waals surface area contributed by atoms with E-state index in [4.69, 9.17) is 5.73 Å². The highest BCUT2D eigenvalue weighted by atomic mass is 79.9. The third-order valence-corrected chi connectivity index (χ3v) is 4.09. The van der Waals surface area contributed by atoms with Crippen molar-refractivity contribution in [3.05, 3.63) is 51.8 Å². The first-order valence-corrected chi connectivity index (χ1v) is 7.42. The van der Waals surface area contributed by atoms with Gasteiger partial charge in [0.15, 0.2) is 0 Å². The van der Waals surface area contributed by atoms with Gasteiger partial charge in [0.05, 0.1) is 5.69 Å². The highest BCUT2D eigenvalue weighted by Gasteiger charge is 2.16. The van der Waals surface area contributed by atoms with Crippen molar-refractivity contribution in [2.45, 2.75) is 32.7 Å². The number of halogens is 1. The van der Waals surface area contributed by atoms with Gasteiger partial charge in [-0.3, -0.25) is 4.68 Å². The minimum Gasteiger partial charge on any atom is -0.330 e. The SMILES string of the molecule is CCn1nc(C)cc1CC(CN)c1ccccc1Br. The van der Waals surface area contributed by atoms with Gasteiger partial charge in [-0.25, -0.2) is 0 Å². The molecule has 0 aliphatic rings. The van der Waals surface area contributed by atoms with Crippen molar-refractivity contribution in [3.63, 3.8) is 0 Å². The third-order valence-electron chi connectivity index (χ3n) is 3.37. The number of aryl methyl sites for hydroxylation is 2. The molecule has 0 aliphatic heterocycles. The lowest BCUT2D eigenvalue weighted by Crippen LogP contribution is -2.17. The van der Waals surface area contributed by atoms with E-state index in [1.807, 2.05) is 13.0 Å². The molecular formula is C15H20BrN3. The summed E-state index contributed by atoms with van der Waals surface area (Å²) in [7, 11) is 0. The van der Waals surface area contributed by atoms with Crippen LogP contribution in [0.15, 0.2) is 34.8 Å². The van der Waals surface area contributed by atoms with Gasteiger partial charge in [-0.05, 0) is 44.5 Å². The topological polar surface area (TPSA) is 43.8 Å². The molecule has 0 saturated heterocycles. The van der Waals surface area contributed by atoms with Crippen LogP contribution in [0.25, 0.3) is 0 Å². The molecule has 0 bridgehead atoms. The van der Waals surface area contributed by atoms with Crippen LogP contribution in [0.2, 0.25) is 0 Å². The van der Waals surface area contributed by atoms with E-state index in [1.54, 1.807) is 0 Å². The maximum atomic E-state index is 5.97. The summed E-state index contributed by atoms with van der Waals surface area (Å²) in [5.41, 5.74) is 9.56. The first-order chi connectivity index (χ1) is 9.15. The predicted octanol–water partition coefficient (Wildman–Crippen LogP) is 3.26. The van der Waals surface area contributed by atoms with Crippen LogP contribution in [-0.2, 0) is 13.0 Å². The van der Waals surface area contributed by atoms with Gasteiger partial charge < -0.3 is 5.73 Å². The van der Waals surface area contributed by atoms with Crippen molar-refractivity contribution in [2.24, 2.45) is 5.73 Å². The van der Waals surface area contributed by atoms with Crippen LogP contribution >= 0.6 is 15.9 Å². The Morgan fingerprint density at radius 1 is 1.37 bits per heavy atom. The first kappa shape index (κ1) is 14.3. The van der Waals surface area contributed by atoms with Crippen LogP contribution in [0.1, 0.15) is 29.8 Å². The fourth-order valence-electron chi connectivity index (χ4n) is 2.42. The Bertz CT molecular complexity index is 548. The summed E-state index contributed by atoms with van der Waals surface area (Å²) in [6, 6.07) is 10.5. The Balaban J connectivity index is 2.26. The van der Waals surface area contributed by atoms with Crippen LogP contribution in [0.4, 0.5) is 0 Å². The lowest BCUT2D eigenvalue weighted by Gasteiger charge is -2.17.